The number of fused-ring (bicyclic) bond motifs is 1. The van der Waals surface area contributed by atoms with Crippen LogP contribution in [0.15, 0.2) is 0 Å². The molecule has 0 unspecified atom stereocenters. The van der Waals surface area contributed by atoms with Crippen LogP contribution < -0.4 is 0 Å². The van der Waals surface area contributed by atoms with Crippen molar-refractivity contribution in [1.29, 1.82) is 0 Å². The van der Waals surface area contributed by atoms with E-state index in [0.717, 1.165) is 6.29 Å². The van der Waals surface area contributed by atoms with Gasteiger partial charge >= 0.3 is 5.97 Å². The molecule has 0 spiro atoms. The lowest BCUT2D eigenvalue weighted by molar-refractivity contribution is -0.168. The number of aldehydes is 1. The molecule has 0 aromatic heterocycles. The Kier molecular flexibility index (Phi) is 1.33. The number of hydrogen-bond donors (Lipinski definition) is 0. The predicted octanol–water partition coefficient (Wildman–Crippen LogP) is -0.0925. The molecule has 0 amide bonds. The number of rotatable bonds is 2. The Balaban J connectivity index is 2.14. The Morgan fingerprint density at radius 2 is 2.25 bits per heavy atom. The molecule has 0 atom stereocenters. The monoisotopic (exact) mass is 170 g/mol. The third-order valence-corrected chi connectivity index (χ3v) is 2.72. The summed E-state index contributed by atoms with van der Waals surface area (Å²) in [6.45, 7) is 0.367. The van der Waals surface area contributed by atoms with Crippen molar-refractivity contribution in [2.24, 2.45) is 5.41 Å². The van der Waals surface area contributed by atoms with Gasteiger partial charge in [-0.25, -0.2) is 4.79 Å². The molecule has 0 N–H and O–H groups in total. The maximum atomic E-state index is 11.2. The SMILES string of the molecule is COC(=O)C12CC(C=O)(CO1)C2. The van der Waals surface area contributed by atoms with Crippen molar-refractivity contribution in [1.82, 2.24) is 0 Å². The maximum Gasteiger partial charge on any atom is 0.338 e. The highest BCUT2D eigenvalue weighted by Crippen LogP contribution is 2.56. The van der Waals surface area contributed by atoms with E-state index in [4.69, 9.17) is 4.74 Å². The molecule has 12 heavy (non-hydrogen) atoms. The van der Waals surface area contributed by atoms with Crippen molar-refractivity contribution in [3.05, 3.63) is 0 Å². The first kappa shape index (κ1) is 7.73. The molecule has 2 aliphatic heterocycles. The largest absolute Gasteiger partial charge is 0.467 e. The van der Waals surface area contributed by atoms with E-state index in [9.17, 15) is 9.59 Å². The van der Waals surface area contributed by atoms with Gasteiger partial charge in [-0.05, 0) is 0 Å². The minimum atomic E-state index is -0.782. The molecule has 66 valence electrons. The van der Waals surface area contributed by atoms with Crippen molar-refractivity contribution in [3.63, 3.8) is 0 Å². The maximum absolute atomic E-state index is 11.2. The summed E-state index contributed by atoms with van der Waals surface area (Å²) in [5.74, 6) is -0.350. The summed E-state index contributed by atoms with van der Waals surface area (Å²) in [5, 5.41) is 0. The summed E-state index contributed by atoms with van der Waals surface area (Å²) < 4.78 is 9.84. The number of carbonyl (C=O) groups excluding carboxylic acids is 2. The molecule has 4 heteroatoms. The summed E-state index contributed by atoms with van der Waals surface area (Å²) >= 11 is 0. The normalized spacial score (nSPS) is 43.4. The van der Waals surface area contributed by atoms with Gasteiger partial charge in [-0.1, -0.05) is 0 Å². The topological polar surface area (TPSA) is 52.6 Å². The van der Waals surface area contributed by atoms with Crippen molar-refractivity contribution in [2.75, 3.05) is 13.7 Å². The van der Waals surface area contributed by atoms with E-state index in [2.05, 4.69) is 4.74 Å². The third kappa shape index (κ3) is 0.705. The summed E-state index contributed by atoms with van der Waals surface area (Å²) in [6.07, 6.45) is 1.88. The second-order valence-electron chi connectivity index (χ2n) is 3.61. The molecule has 3 aliphatic rings. The fourth-order valence-electron chi connectivity index (χ4n) is 2.08. The summed E-state index contributed by atoms with van der Waals surface area (Å²) in [4.78, 5) is 21.8. The number of methoxy groups -OCH3 is 1. The quantitative estimate of drug-likeness (QED) is 0.429. The Bertz CT molecular complexity index is 239. The van der Waals surface area contributed by atoms with Crippen LogP contribution in [0.4, 0.5) is 0 Å². The summed E-state index contributed by atoms with van der Waals surface area (Å²) in [7, 11) is 1.33. The molecule has 2 heterocycles. The van der Waals surface area contributed by atoms with Crippen LogP contribution in [0.5, 0.6) is 0 Å². The van der Waals surface area contributed by atoms with Crippen LogP contribution >= 0.6 is 0 Å². The predicted molar refractivity (Wildman–Crippen MR) is 38.4 cm³/mol. The second kappa shape index (κ2) is 2.07. The highest BCUT2D eigenvalue weighted by molar-refractivity contribution is 5.85. The molecule has 1 saturated carbocycles. The van der Waals surface area contributed by atoms with E-state index >= 15 is 0 Å². The summed E-state index contributed by atoms with van der Waals surface area (Å²) in [6, 6.07) is 0. The molecule has 2 saturated heterocycles. The molecule has 0 aromatic rings. The van der Waals surface area contributed by atoms with Crippen LogP contribution in [-0.2, 0) is 19.1 Å². The van der Waals surface area contributed by atoms with Gasteiger partial charge < -0.3 is 14.3 Å². The first-order valence-electron chi connectivity index (χ1n) is 3.85. The molecule has 0 aromatic carbocycles. The van der Waals surface area contributed by atoms with E-state index < -0.39 is 5.60 Å². The average Bonchev–Trinajstić information content (AvgIpc) is 2.57. The number of esters is 1. The van der Waals surface area contributed by atoms with Crippen LogP contribution in [0.1, 0.15) is 12.8 Å². The highest BCUT2D eigenvalue weighted by Gasteiger charge is 2.67. The van der Waals surface area contributed by atoms with Crippen LogP contribution in [-0.4, -0.2) is 31.6 Å². The van der Waals surface area contributed by atoms with Gasteiger partial charge in [-0.15, -0.1) is 0 Å². The molecule has 4 nitrogen and oxygen atoms in total. The van der Waals surface area contributed by atoms with Gasteiger partial charge in [0.1, 0.15) is 6.29 Å². The van der Waals surface area contributed by atoms with Crippen molar-refractivity contribution >= 4 is 12.3 Å². The van der Waals surface area contributed by atoms with Gasteiger partial charge in [0, 0.05) is 12.8 Å². The van der Waals surface area contributed by atoms with Crippen molar-refractivity contribution in [2.45, 2.75) is 18.4 Å². The fraction of sp³-hybridized carbons (Fsp3) is 0.750. The first-order chi connectivity index (χ1) is 5.66. The number of ether oxygens (including phenoxy) is 2. The van der Waals surface area contributed by atoms with Gasteiger partial charge in [0.25, 0.3) is 0 Å². The fourth-order valence-corrected chi connectivity index (χ4v) is 2.08. The number of hydrogen-bond acceptors (Lipinski definition) is 4. The first-order valence-corrected chi connectivity index (χ1v) is 3.85. The van der Waals surface area contributed by atoms with E-state index in [-0.39, 0.29) is 11.4 Å². The van der Waals surface area contributed by atoms with Crippen LogP contribution in [0.2, 0.25) is 0 Å². The van der Waals surface area contributed by atoms with Crippen LogP contribution in [0.3, 0.4) is 0 Å². The highest BCUT2D eigenvalue weighted by atomic mass is 16.6. The lowest BCUT2D eigenvalue weighted by Crippen LogP contribution is -2.51. The van der Waals surface area contributed by atoms with Gasteiger partial charge in [0.05, 0.1) is 19.1 Å². The molecule has 1 aliphatic carbocycles. The number of carbonyl (C=O) groups is 2. The van der Waals surface area contributed by atoms with Gasteiger partial charge in [0.2, 0.25) is 0 Å². The molecular formula is C8H10O4. The Labute approximate surface area is 69.8 Å². The zero-order valence-electron chi connectivity index (χ0n) is 6.83. The lowest BCUT2D eigenvalue weighted by atomic mass is 9.63. The standard InChI is InChI=1S/C8H10O4/c1-11-6(10)8-2-7(3-8,4-9)5-12-8/h4H,2-3,5H2,1H3. The minimum absolute atomic E-state index is 0.350. The smallest absolute Gasteiger partial charge is 0.338 e. The van der Waals surface area contributed by atoms with Crippen LogP contribution in [0.25, 0.3) is 0 Å². The minimum Gasteiger partial charge on any atom is -0.467 e. The van der Waals surface area contributed by atoms with E-state index in [1.54, 1.807) is 0 Å². The molecule has 0 radical (unpaired) electrons. The van der Waals surface area contributed by atoms with E-state index in [0.29, 0.717) is 19.4 Å². The average molecular weight is 170 g/mol. The third-order valence-electron chi connectivity index (χ3n) is 2.72. The van der Waals surface area contributed by atoms with Crippen molar-refractivity contribution < 1.29 is 19.1 Å². The van der Waals surface area contributed by atoms with Gasteiger partial charge in [-0.2, -0.15) is 0 Å². The zero-order valence-corrected chi connectivity index (χ0v) is 6.83. The Morgan fingerprint density at radius 3 is 2.67 bits per heavy atom. The molecule has 3 fully saturated rings. The van der Waals surface area contributed by atoms with E-state index in [1.165, 1.54) is 7.11 Å². The molecular weight excluding hydrogens is 160 g/mol. The Hall–Kier alpha value is -0.900. The zero-order chi connectivity index (χ0) is 8.82. The van der Waals surface area contributed by atoms with Gasteiger partial charge in [0.15, 0.2) is 5.60 Å². The molecule has 3 rings (SSSR count). The van der Waals surface area contributed by atoms with E-state index in [1.807, 2.05) is 0 Å². The molecule has 2 bridgehead atoms. The Morgan fingerprint density at radius 1 is 1.58 bits per heavy atom. The summed E-state index contributed by atoms with van der Waals surface area (Å²) in [5.41, 5.74) is -1.16. The lowest BCUT2D eigenvalue weighted by Gasteiger charge is -2.38. The van der Waals surface area contributed by atoms with Gasteiger partial charge in [-0.3, -0.25) is 0 Å². The van der Waals surface area contributed by atoms with Crippen molar-refractivity contribution in [3.8, 4) is 0 Å². The van der Waals surface area contributed by atoms with Crippen LogP contribution in [0, 0.1) is 5.41 Å². The second-order valence-corrected chi connectivity index (χ2v) is 3.61.